The van der Waals surface area contributed by atoms with E-state index in [2.05, 4.69) is 16.0 Å². The second kappa shape index (κ2) is 25.5. The normalized spacial score (nSPS) is 17.1. The molecule has 0 unspecified atom stereocenters. The van der Waals surface area contributed by atoms with Crippen molar-refractivity contribution in [2.75, 3.05) is 6.54 Å². The summed E-state index contributed by atoms with van der Waals surface area (Å²) in [7, 11) is 0. The Bertz CT molecular complexity index is 1030. The Morgan fingerprint density at radius 2 is 1.02 bits per heavy atom. The predicted molar refractivity (Wildman–Crippen MR) is 179 cm³/mol. The fourth-order valence-corrected chi connectivity index (χ4v) is 6.00. The molecule has 1 aliphatic rings. The van der Waals surface area contributed by atoms with E-state index in [9.17, 15) is 43.8 Å². The molecule has 6 N–H and O–H groups in total. The third-order valence-corrected chi connectivity index (χ3v) is 9.04. The van der Waals surface area contributed by atoms with Gasteiger partial charge in [0.15, 0.2) is 0 Å². The van der Waals surface area contributed by atoms with Crippen LogP contribution in [0.3, 0.4) is 0 Å². The number of nitrogens with one attached hydrogen (secondary N) is 3. The zero-order chi connectivity index (χ0) is 35.7. The Morgan fingerprint density at radius 1 is 0.562 bits per heavy atom. The number of carboxylic acid groups (broad SMARTS) is 3. The molecule has 1 fully saturated rings. The number of carboxylic acids is 3. The number of hydrogen-bond donors (Lipinski definition) is 6. The smallest absolute Gasteiger partial charge is 0.326 e. The summed E-state index contributed by atoms with van der Waals surface area (Å²) in [5.41, 5.74) is 0. The van der Waals surface area contributed by atoms with Gasteiger partial charge in [-0.3, -0.25) is 19.2 Å². The molecule has 0 aromatic carbocycles. The third kappa shape index (κ3) is 21.4. The molecular weight excluding hydrogens is 622 g/mol. The van der Waals surface area contributed by atoms with Crippen LogP contribution in [0.1, 0.15) is 148 Å². The first-order chi connectivity index (χ1) is 22.9. The molecule has 1 aliphatic carbocycles. The predicted octanol–water partition coefficient (Wildman–Crippen LogP) is 4.74. The van der Waals surface area contributed by atoms with E-state index < -0.39 is 35.9 Å². The van der Waals surface area contributed by atoms with Crippen molar-refractivity contribution in [1.82, 2.24) is 16.0 Å². The zero-order valence-electron chi connectivity index (χ0n) is 28.8. The SMILES string of the molecule is CC(=O)CC[C@H](NC(=O)CC[C@H](NC(=O)C1CCC(CNC(=O)CCCCCCCCCCCCCCC(=O)O)CC1)C(=O)O)C(=O)O. The standard InChI is InChI=1S/C35H59N3O10/c1-25(39)16-21-28(34(45)46)37-31(41)23-22-29(35(47)48)38-33(44)27-19-17-26(18-20-27)24-36-30(40)14-12-10-8-6-4-2-3-5-7-9-11-13-15-32(42)43/h26-29H,2-24H2,1H3,(H,36,40)(H,37,41)(H,38,44)(H,42,43)(H,45,46)(H,47,48)/t26?,27?,28-,29-/m0/s1. The highest BCUT2D eigenvalue weighted by Gasteiger charge is 2.30. The number of carbonyl (C=O) groups excluding carboxylic acids is 4. The molecule has 0 aliphatic heterocycles. The molecule has 1 rings (SSSR count). The highest BCUT2D eigenvalue weighted by Crippen LogP contribution is 2.29. The van der Waals surface area contributed by atoms with Crippen LogP contribution in [0.25, 0.3) is 0 Å². The van der Waals surface area contributed by atoms with Crippen molar-refractivity contribution >= 4 is 41.4 Å². The van der Waals surface area contributed by atoms with E-state index in [-0.39, 0.29) is 61.5 Å². The van der Waals surface area contributed by atoms with E-state index in [0.29, 0.717) is 25.8 Å². The number of carbonyl (C=O) groups is 7. The van der Waals surface area contributed by atoms with E-state index in [1.54, 1.807) is 0 Å². The number of ketones is 1. The Morgan fingerprint density at radius 3 is 1.50 bits per heavy atom. The Balaban J connectivity index is 2.16. The number of amides is 3. The molecule has 1 saturated carbocycles. The highest BCUT2D eigenvalue weighted by atomic mass is 16.4. The molecule has 0 spiro atoms. The first-order valence-corrected chi connectivity index (χ1v) is 17.9. The molecule has 0 radical (unpaired) electrons. The maximum atomic E-state index is 12.8. The summed E-state index contributed by atoms with van der Waals surface area (Å²) in [5, 5.41) is 35.3. The van der Waals surface area contributed by atoms with Gasteiger partial charge >= 0.3 is 17.9 Å². The maximum Gasteiger partial charge on any atom is 0.326 e. The van der Waals surface area contributed by atoms with Crippen LogP contribution in [-0.4, -0.2) is 75.4 Å². The van der Waals surface area contributed by atoms with Gasteiger partial charge in [-0.05, 0) is 64.2 Å². The van der Waals surface area contributed by atoms with Gasteiger partial charge in [-0.25, -0.2) is 9.59 Å². The average molecular weight is 682 g/mol. The average Bonchev–Trinajstić information content (AvgIpc) is 3.03. The van der Waals surface area contributed by atoms with Crippen LogP contribution in [0.4, 0.5) is 0 Å². The summed E-state index contributed by atoms with van der Waals surface area (Å²) in [6.45, 7) is 1.88. The molecule has 13 nitrogen and oxygen atoms in total. The van der Waals surface area contributed by atoms with Gasteiger partial charge in [0, 0.05) is 38.1 Å². The molecule has 2 atom stereocenters. The molecule has 0 aromatic rings. The molecule has 0 heterocycles. The summed E-state index contributed by atoms with van der Waals surface area (Å²) < 4.78 is 0. The summed E-state index contributed by atoms with van der Waals surface area (Å²) in [4.78, 5) is 82.1. The Hall–Kier alpha value is -3.51. The van der Waals surface area contributed by atoms with Gasteiger partial charge in [-0.15, -0.1) is 0 Å². The van der Waals surface area contributed by atoms with Gasteiger partial charge in [0.2, 0.25) is 17.7 Å². The van der Waals surface area contributed by atoms with Gasteiger partial charge in [-0.1, -0.05) is 64.2 Å². The molecule has 0 saturated heterocycles. The molecule has 0 bridgehead atoms. The Kier molecular flexibility index (Phi) is 22.6. The van der Waals surface area contributed by atoms with E-state index in [1.807, 2.05) is 0 Å². The van der Waals surface area contributed by atoms with E-state index in [0.717, 1.165) is 51.4 Å². The van der Waals surface area contributed by atoms with Crippen molar-refractivity contribution in [2.45, 2.75) is 160 Å². The number of aliphatic carboxylic acids is 3. The molecule has 274 valence electrons. The number of Topliss-reactive ketones (excluding diaryl/α,β-unsaturated/α-hetero) is 1. The van der Waals surface area contributed by atoms with Crippen molar-refractivity contribution in [1.29, 1.82) is 0 Å². The summed E-state index contributed by atoms with van der Waals surface area (Å²) in [5.74, 6) is -4.61. The van der Waals surface area contributed by atoms with Crippen LogP contribution in [-0.2, 0) is 33.6 Å². The lowest BCUT2D eigenvalue weighted by atomic mass is 9.81. The van der Waals surface area contributed by atoms with Crippen LogP contribution in [0.5, 0.6) is 0 Å². The van der Waals surface area contributed by atoms with Gasteiger partial charge in [-0.2, -0.15) is 0 Å². The van der Waals surface area contributed by atoms with Crippen LogP contribution < -0.4 is 16.0 Å². The highest BCUT2D eigenvalue weighted by molar-refractivity contribution is 5.87. The van der Waals surface area contributed by atoms with Crippen LogP contribution in [0, 0.1) is 11.8 Å². The monoisotopic (exact) mass is 681 g/mol. The first-order valence-electron chi connectivity index (χ1n) is 17.9. The van der Waals surface area contributed by atoms with Crippen LogP contribution >= 0.6 is 0 Å². The van der Waals surface area contributed by atoms with E-state index in [1.165, 1.54) is 45.4 Å². The molecule has 3 amide bonds. The van der Waals surface area contributed by atoms with Crippen molar-refractivity contribution < 1.29 is 48.9 Å². The van der Waals surface area contributed by atoms with E-state index >= 15 is 0 Å². The summed E-state index contributed by atoms with van der Waals surface area (Å²) in [6.07, 6.45) is 15.9. The summed E-state index contributed by atoms with van der Waals surface area (Å²) >= 11 is 0. The van der Waals surface area contributed by atoms with Crippen molar-refractivity contribution in [3.8, 4) is 0 Å². The minimum atomic E-state index is -1.29. The van der Waals surface area contributed by atoms with Gasteiger partial charge in [0.05, 0.1) is 0 Å². The maximum absolute atomic E-state index is 12.8. The van der Waals surface area contributed by atoms with Gasteiger partial charge in [0.1, 0.15) is 17.9 Å². The zero-order valence-corrected chi connectivity index (χ0v) is 28.8. The number of rotatable bonds is 28. The van der Waals surface area contributed by atoms with Crippen molar-refractivity contribution in [2.24, 2.45) is 11.8 Å². The fraction of sp³-hybridized carbons (Fsp3) is 0.800. The minimum absolute atomic E-state index is 0.00967. The lowest BCUT2D eigenvalue weighted by Crippen LogP contribution is -2.46. The van der Waals surface area contributed by atoms with Gasteiger partial charge in [0.25, 0.3) is 0 Å². The number of unbranched alkanes of at least 4 members (excludes halogenated alkanes) is 11. The first kappa shape index (κ1) is 42.5. The molecule has 48 heavy (non-hydrogen) atoms. The van der Waals surface area contributed by atoms with Crippen LogP contribution in [0.2, 0.25) is 0 Å². The molecule has 0 aromatic heterocycles. The van der Waals surface area contributed by atoms with E-state index in [4.69, 9.17) is 5.11 Å². The summed E-state index contributed by atoms with van der Waals surface area (Å²) in [6, 6.07) is -2.54. The van der Waals surface area contributed by atoms with Crippen molar-refractivity contribution in [3.05, 3.63) is 0 Å². The third-order valence-electron chi connectivity index (χ3n) is 9.04. The lowest BCUT2D eigenvalue weighted by molar-refractivity contribution is -0.144. The second-order valence-corrected chi connectivity index (χ2v) is 13.3. The molecular formula is C35H59N3O10. The van der Waals surface area contributed by atoms with Crippen molar-refractivity contribution in [3.63, 3.8) is 0 Å². The topological polar surface area (TPSA) is 216 Å². The minimum Gasteiger partial charge on any atom is -0.481 e. The Labute approximate surface area is 284 Å². The quantitative estimate of drug-likeness (QED) is 0.0623. The number of hydrogen-bond acceptors (Lipinski definition) is 7. The lowest BCUT2D eigenvalue weighted by Gasteiger charge is -2.28. The second-order valence-electron chi connectivity index (χ2n) is 13.3. The fourth-order valence-electron chi connectivity index (χ4n) is 6.00. The largest absolute Gasteiger partial charge is 0.481 e. The molecule has 13 heteroatoms. The van der Waals surface area contributed by atoms with Crippen LogP contribution in [0.15, 0.2) is 0 Å². The van der Waals surface area contributed by atoms with Gasteiger partial charge < -0.3 is 36.1 Å².